The van der Waals surface area contributed by atoms with Crippen LogP contribution in [0, 0.1) is 10.1 Å². The maximum Gasteiger partial charge on any atom is 0.278 e. The van der Waals surface area contributed by atoms with Gasteiger partial charge in [-0.25, -0.2) is 10.9 Å². The second-order valence-corrected chi connectivity index (χ2v) is 6.71. The van der Waals surface area contributed by atoms with Gasteiger partial charge in [-0.2, -0.15) is 0 Å². The van der Waals surface area contributed by atoms with Crippen LogP contribution in [0.5, 0.6) is 0 Å². The lowest BCUT2D eigenvalue weighted by molar-refractivity contribution is -0.532. The molecule has 0 aliphatic carbocycles. The van der Waals surface area contributed by atoms with E-state index in [0.29, 0.717) is 5.69 Å². The molecule has 1 amide bonds. The number of para-hydroxylation sites is 1. The Morgan fingerprint density at radius 2 is 1.85 bits per heavy atom. The highest BCUT2D eigenvalue weighted by Gasteiger charge is 2.49. The number of amides is 1. The fourth-order valence-electron chi connectivity index (χ4n) is 2.65. The van der Waals surface area contributed by atoms with Crippen molar-refractivity contribution in [2.24, 2.45) is 0 Å². The van der Waals surface area contributed by atoms with E-state index in [4.69, 9.17) is 4.74 Å². The van der Waals surface area contributed by atoms with E-state index in [2.05, 4.69) is 16.2 Å². The van der Waals surface area contributed by atoms with Crippen LogP contribution < -0.4 is 16.2 Å². The number of nitrogens with one attached hydrogen (secondary N) is 3. The molecule has 0 saturated carbocycles. The van der Waals surface area contributed by atoms with Gasteiger partial charge in [0.1, 0.15) is 0 Å². The Morgan fingerprint density at radius 1 is 1.15 bits per heavy atom. The lowest BCUT2D eigenvalue weighted by Gasteiger charge is -2.16. The molecule has 1 aliphatic rings. The monoisotopic (exact) mass is 374 g/mol. The molecule has 0 aromatic heterocycles. The SMILES string of the molecule is COC1NNC(C(=O)Nc2ccccc2Sc2ccccc2)C1[N+](=O)[O-]. The zero-order chi connectivity index (χ0) is 18.5. The summed E-state index contributed by atoms with van der Waals surface area (Å²) in [5.41, 5.74) is 5.87. The van der Waals surface area contributed by atoms with Crippen molar-refractivity contribution in [1.29, 1.82) is 0 Å². The molecular formula is C17H18N4O4S. The van der Waals surface area contributed by atoms with Crippen molar-refractivity contribution in [3.63, 3.8) is 0 Å². The predicted octanol–water partition coefficient (Wildman–Crippen LogP) is 1.87. The summed E-state index contributed by atoms with van der Waals surface area (Å²) in [6.07, 6.45) is -0.880. The van der Waals surface area contributed by atoms with E-state index in [9.17, 15) is 14.9 Å². The number of ether oxygens (including phenoxy) is 1. The number of nitro groups is 1. The third kappa shape index (κ3) is 4.02. The van der Waals surface area contributed by atoms with Gasteiger partial charge in [0.25, 0.3) is 6.04 Å². The molecule has 1 saturated heterocycles. The molecule has 1 fully saturated rings. The van der Waals surface area contributed by atoms with E-state index in [1.807, 2.05) is 42.5 Å². The first-order chi connectivity index (χ1) is 12.6. The van der Waals surface area contributed by atoms with Gasteiger partial charge in [0.05, 0.1) is 5.69 Å². The van der Waals surface area contributed by atoms with E-state index < -0.39 is 29.1 Å². The van der Waals surface area contributed by atoms with E-state index in [1.54, 1.807) is 12.1 Å². The number of carbonyl (C=O) groups excluding carboxylic acids is 1. The number of hydrazine groups is 1. The maximum atomic E-state index is 12.6. The average Bonchev–Trinajstić information content (AvgIpc) is 3.09. The van der Waals surface area contributed by atoms with Gasteiger partial charge in [-0.3, -0.25) is 14.9 Å². The van der Waals surface area contributed by atoms with Crippen LogP contribution in [0.15, 0.2) is 64.4 Å². The first kappa shape index (κ1) is 18.3. The van der Waals surface area contributed by atoms with E-state index in [-0.39, 0.29) is 0 Å². The molecule has 26 heavy (non-hydrogen) atoms. The number of benzene rings is 2. The highest BCUT2D eigenvalue weighted by Crippen LogP contribution is 2.33. The molecule has 3 N–H and O–H groups in total. The summed E-state index contributed by atoms with van der Waals surface area (Å²) >= 11 is 1.50. The fourth-order valence-corrected chi connectivity index (χ4v) is 3.58. The van der Waals surface area contributed by atoms with Crippen molar-refractivity contribution in [1.82, 2.24) is 10.9 Å². The Labute approximate surface area is 154 Å². The second kappa shape index (κ2) is 8.28. The molecule has 0 bridgehead atoms. The molecule has 1 heterocycles. The van der Waals surface area contributed by atoms with Crippen LogP contribution in [0.4, 0.5) is 5.69 Å². The molecule has 2 aromatic rings. The Bertz CT molecular complexity index is 789. The third-order valence-electron chi connectivity index (χ3n) is 3.93. The van der Waals surface area contributed by atoms with Crippen LogP contribution in [0.2, 0.25) is 0 Å². The van der Waals surface area contributed by atoms with Gasteiger partial charge in [-0.1, -0.05) is 42.1 Å². The van der Waals surface area contributed by atoms with Gasteiger partial charge in [0.2, 0.25) is 5.91 Å². The number of carbonyl (C=O) groups is 1. The molecule has 3 atom stereocenters. The highest BCUT2D eigenvalue weighted by atomic mass is 32.2. The molecule has 3 rings (SSSR count). The zero-order valence-electron chi connectivity index (χ0n) is 13.9. The summed E-state index contributed by atoms with van der Waals surface area (Å²) in [5, 5.41) is 14.1. The summed E-state index contributed by atoms with van der Waals surface area (Å²) in [6.45, 7) is 0. The minimum atomic E-state index is -1.23. The summed E-state index contributed by atoms with van der Waals surface area (Å²) < 4.78 is 5.02. The van der Waals surface area contributed by atoms with Gasteiger partial charge in [-0.05, 0) is 24.3 Å². The Kier molecular flexibility index (Phi) is 5.84. The lowest BCUT2D eigenvalue weighted by atomic mass is 10.1. The number of anilines is 1. The molecule has 0 spiro atoms. The van der Waals surface area contributed by atoms with E-state index in [1.165, 1.54) is 18.9 Å². The number of hydrogen-bond donors (Lipinski definition) is 3. The Morgan fingerprint density at radius 3 is 2.54 bits per heavy atom. The number of rotatable bonds is 6. The van der Waals surface area contributed by atoms with Crippen LogP contribution in [-0.2, 0) is 9.53 Å². The van der Waals surface area contributed by atoms with Crippen molar-refractivity contribution in [3.8, 4) is 0 Å². The number of nitrogens with zero attached hydrogens (tertiary/aromatic N) is 1. The van der Waals surface area contributed by atoms with Crippen molar-refractivity contribution in [2.45, 2.75) is 28.1 Å². The average molecular weight is 374 g/mol. The third-order valence-corrected chi connectivity index (χ3v) is 5.01. The molecule has 136 valence electrons. The van der Waals surface area contributed by atoms with Crippen molar-refractivity contribution in [2.75, 3.05) is 12.4 Å². The molecular weight excluding hydrogens is 356 g/mol. The van der Waals surface area contributed by atoms with E-state index >= 15 is 0 Å². The normalized spacial score (nSPS) is 22.1. The van der Waals surface area contributed by atoms with Crippen LogP contribution in [0.3, 0.4) is 0 Å². The number of methoxy groups -OCH3 is 1. The Balaban J connectivity index is 1.76. The summed E-state index contributed by atoms with van der Waals surface area (Å²) in [6, 6.07) is 14.8. The molecule has 3 unspecified atom stereocenters. The highest BCUT2D eigenvalue weighted by molar-refractivity contribution is 7.99. The van der Waals surface area contributed by atoms with Crippen LogP contribution in [0.1, 0.15) is 0 Å². The largest absolute Gasteiger partial charge is 0.358 e. The molecule has 9 heteroatoms. The van der Waals surface area contributed by atoms with Crippen molar-refractivity contribution >= 4 is 23.4 Å². The molecule has 0 radical (unpaired) electrons. The topological polar surface area (TPSA) is 106 Å². The molecule has 1 aliphatic heterocycles. The summed E-state index contributed by atoms with van der Waals surface area (Å²) in [7, 11) is 1.35. The summed E-state index contributed by atoms with van der Waals surface area (Å²) in [4.78, 5) is 25.3. The van der Waals surface area contributed by atoms with Crippen LogP contribution in [0.25, 0.3) is 0 Å². The van der Waals surface area contributed by atoms with Crippen LogP contribution >= 0.6 is 11.8 Å². The van der Waals surface area contributed by atoms with Crippen LogP contribution in [-0.4, -0.2) is 36.3 Å². The number of hydrogen-bond acceptors (Lipinski definition) is 7. The van der Waals surface area contributed by atoms with Crippen molar-refractivity contribution in [3.05, 3.63) is 64.7 Å². The zero-order valence-corrected chi connectivity index (χ0v) is 14.7. The predicted molar refractivity (Wildman–Crippen MR) is 97.3 cm³/mol. The van der Waals surface area contributed by atoms with Gasteiger partial charge in [0.15, 0.2) is 12.3 Å². The maximum absolute atomic E-state index is 12.6. The van der Waals surface area contributed by atoms with Gasteiger partial charge in [0, 0.05) is 21.8 Å². The summed E-state index contributed by atoms with van der Waals surface area (Å²) in [5.74, 6) is -0.500. The lowest BCUT2D eigenvalue weighted by Crippen LogP contribution is -2.47. The first-order valence-electron chi connectivity index (χ1n) is 7.90. The minimum Gasteiger partial charge on any atom is -0.358 e. The van der Waals surface area contributed by atoms with E-state index in [0.717, 1.165) is 9.79 Å². The second-order valence-electron chi connectivity index (χ2n) is 5.60. The Hall–Kier alpha value is -2.46. The molecule has 8 nitrogen and oxygen atoms in total. The smallest absolute Gasteiger partial charge is 0.278 e. The van der Waals surface area contributed by atoms with Gasteiger partial charge in [-0.15, -0.1) is 0 Å². The van der Waals surface area contributed by atoms with Crippen molar-refractivity contribution < 1.29 is 14.5 Å². The minimum absolute atomic E-state index is 0.500. The van der Waals surface area contributed by atoms with Gasteiger partial charge < -0.3 is 10.1 Å². The standard InChI is InChI=1S/C17H18N4O4S/c1-25-17-15(21(23)24)14(19-20-17)16(22)18-12-9-5-6-10-13(12)26-11-7-3-2-4-8-11/h2-10,14-15,17,19-20H,1H3,(H,18,22). The first-order valence-corrected chi connectivity index (χ1v) is 8.72. The van der Waals surface area contributed by atoms with Gasteiger partial charge >= 0.3 is 0 Å². The quantitative estimate of drug-likeness (QED) is 0.523. The molecule has 2 aromatic carbocycles. The fraction of sp³-hybridized carbons (Fsp3) is 0.235.